The highest BCUT2D eigenvalue weighted by molar-refractivity contribution is 5.71. The highest BCUT2D eigenvalue weighted by Crippen LogP contribution is 2.32. The van der Waals surface area contributed by atoms with Crippen molar-refractivity contribution in [3.8, 4) is 57.7 Å². The summed E-state index contributed by atoms with van der Waals surface area (Å²) in [5.41, 5.74) is 4.16. The Bertz CT molecular complexity index is 1290. The fourth-order valence-corrected chi connectivity index (χ4v) is 3.08. The quantitative estimate of drug-likeness (QED) is 0.449. The van der Waals surface area contributed by atoms with Gasteiger partial charge in [0.25, 0.3) is 0 Å². The lowest BCUT2D eigenvalue weighted by Gasteiger charge is -2.10. The smallest absolute Gasteiger partial charge is 0.167 e. The third-order valence-corrected chi connectivity index (χ3v) is 4.81. The third kappa shape index (κ3) is 4.39. The van der Waals surface area contributed by atoms with E-state index in [1.165, 1.54) is 0 Å². The van der Waals surface area contributed by atoms with E-state index in [9.17, 15) is 5.11 Å². The van der Waals surface area contributed by atoms with E-state index in [0.29, 0.717) is 28.8 Å². The normalized spacial score (nSPS) is 10.3. The van der Waals surface area contributed by atoms with E-state index in [4.69, 9.17) is 9.72 Å². The van der Waals surface area contributed by atoms with Crippen molar-refractivity contribution in [2.24, 2.45) is 0 Å². The van der Waals surface area contributed by atoms with Gasteiger partial charge in [-0.05, 0) is 49.7 Å². The van der Waals surface area contributed by atoms with Gasteiger partial charge in [-0.3, -0.25) is 0 Å². The average molecular weight is 407 g/mol. The van der Waals surface area contributed by atoms with Crippen LogP contribution in [0.1, 0.15) is 18.1 Å². The summed E-state index contributed by atoms with van der Waals surface area (Å²) >= 11 is 0. The Morgan fingerprint density at radius 1 is 0.742 bits per heavy atom. The van der Waals surface area contributed by atoms with E-state index in [1.807, 2.05) is 74.5 Å². The van der Waals surface area contributed by atoms with E-state index in [-0.39, 0.29) is 5.75 Å². The molecule has 0 unspecified atom stereocenters. The molecule has 0 saturated carbocycles. The molecule has 5 heteroatoms. The topological polar surface area (TPSA) is 68.1 Å². The molecule has 31 heavy (non-hydrogen) atoms. The van der Waals surface area contributed by atoms with Crippen LogP contribution >= 0.6 is 0 Å². The molecule has 0 saturated heterocycles. The number of nitrogens with zero attached hydrogens (tertiary/aromatic N) is 3. The number of para-hydroxylation sites is 1. The summed E-state index contributed by atoms with van der Waals surface area (Å²) < 4.78 is 5.32. The minimum Gasteiger partial charge on any atom is -0.507 e. The zero-order valence-electron chi connectivity index (χ0n) is 17.5. The van der Waals surface area contributed by atoms with Crippen LogP contribution in [0, 0.1) is 25.9 Å². The van der Waals surface area contributed by atoms with Crippen LogP contribution in [0.25, 0.3) is 34.2 Å². The molecule has 1 N–H and O–H groups in total. The van der Waals surface area contributed by atoms with Crippen LogP contribution in [0.15, 0.2) is 66.7 Å². The lowest BCUT2D eigenvalue weighted by Crippen LogP contribution is -2.00. The van der Waals surface area contributed by atoms with Crippen LogP contribution in [0.3, 0.4) is 0 Å². The average Bonchev–Trinajstić information content (AvgIpc) is 2.80. The van der Waals surface area contributed by atoms with Crippen LogP contribution in [0.2, 0.25) is 0 Å². The summed E-state index contributed by atoms with van der Waals surface area (Å²) in [4.78, 5) is 14.0. The number of hydrogen-bond donors (Lipinski definition) is 1. The number of phenols is 1. The van der Waals surface area contributed by atoms with Crippen molar-refractivity contribution in [1.29, 1.82) is 0 Å². The summed E-state index contributed by atoms with van der Waals surface area (Å²) in [7, 11) is 0. The lowest BCUT2D eigenvalue weighted by atomic mass is 10.1. The first kappa shape index (κ1) is 20.1. The van der Waals surface area contributed by atoms with Crippen molar-refractivity contribution in [1.82, 2.24) is 15.0 Å². The fourth-order valence-electron chi connectivity index (χ4n) is 3.08. The molecule has 1 aromatic heterocycles. The molecule has 0 spiro atoms. The van der Waals surface area contributed by atoms with E-state index in [2.05, 4.69) is 22.0 Å². The van der Waals surface area contributed by atoms with Gasteiger partial charge in [0.2, 0.25) is 0 Å². The van der Waals surface area contributed by atoms with Crippen molar-refractivity contribution in [2.45, 2.75) is 20.8 Å². The molecule has 152 valence electrons. The third-order valence-electron chi connectivity index (χ3n) is 4.81. The largest absolute Gasteiger partial charge is 0.507 e. The monoisotopic (exact) mass is 407 g/mol. The first-order valence-corrected chi connectivity index (χ1v) is 9.86. The SMILES string of the molecule is CC#COc1ccc(-c2nc(-c3ccc(C)cc3)nc(-c3cccc(C)c3O)n2)cc1. The van der Waals surface area contributed by atoms with E-state index >= 15 is 0 Å². The number of aromatic nitrogens is 3. The second-order valence-electron chi connectivity index (χ2n) is 7.12. The van der Waals surface area contributed by atoms with Crippen LogP contribution in [0.4, 0.5) is 0 Å². The molecule has 4 aromatic rings. The Balaban J connectivity index is 1.86. The molecular formula is C26H21N3O2. The molecule has 5 nitrogen and oxygen atoms in total. The molecule has 0 aliphatic carbocycles. The molecule has 0 aliphatic rings. The van der Waals surface area contributed by atoms with E-state index in [1.54, 1.807) is 13.0 Å². The van der Waals surface area contributed by atoms with Crippen LogP contribution < -0.4 is 4.74 Å². The fraction of sp³-hybridized carbons (Fsp3) is 0.115. The highest BCUT2D eigenvalue weighted by Gasteiger charge is 2.15. The Morgan fingerprint density at radius 3 is 1.94 bits per heavy atom. The minimum atomic E-state index is 0.163. The molecule has 0 atom stereocenters. The van der Waals surface area contributed by atoms with Crippen molar-refractivity contribution in [2.75, 3.05) is 0 Å². The summed E-state index contributed by atoms with van der Waals surface area (Å²) in [6, 6.07) is 20.9. The Labute approximate surface area is 181 Å². The maximum absolute atomic E-state index is 10.6. The zero-order valence-corrected chi connectivity index (χ0v) is 17.5. The van der Waals surface area contributed by atoms with Gasteiger partial charge in [0.1, 0.15) is 17.6 Å². The van der Waals surface area contributed by atoms with E-state index < -0.39 is 0 Å². The standard InChI is InChI=1S/C26H21N3O2/c1-4-16-31-21-14-12-20(13-15-21)25-27-24(19-10-8-17(2)9-11-19)28-26(29-25)22-7-5-6-18(3)23(22)30/h5-15,30H,1-3H3. The van der Waals surface area contributed by atoms with Crippen molar-refractivity contribution < 1.29 is 9.84 Å². The Kier molecular flexibility index (Phi) is 5.63. The molecule has 0 bridgehead atoms. The molecule has 0 aliphatic heterocycles. The Hall–Kier alpha value is -4.17. The first-order chi connectivity index (χ1) is 15.0. The number of benzene rings is 3. The van der Waals surface area contributed by atoms with Crippen LogP contribution in [-0.4, -0.2) is 20.1 Å². The maximum atomic E-state index is 10.6. The van der Waals surface area contributed by atoms with Gasteiger partial charge in [-0.15, -0.1) is 0 Å². The summed E-state index contributed by atoms with van der Waals surface area (Å²) in [6.07, 6.45) is 2.58. The molecule has 4 rings (SSSR count). The minimum absolute atomic E-state index is 0.163. The van der Waals surface area contributed by atoms with Crippen molar-refractivity contribution >= 4 is 0 Å². The van der Waals surface area contributed by atoms with Gasteiger partial charge in [0.15, 0.2) is 17.5 Å². The highest BCUT2D eigenvalue weighted by atomic mass is 16.5. The number of rotatable bonds is 4. The summed E-state index contributed by atoms with van der Waals surface area (Å²) in [5, 5.41) is 10.6. The maximum Gasteiger partial charge on any atom is 0.167 e. The van der Waals surface area contributed by atoms with Crippen LogP contribution in [-0.2, 0) is 0 Å². The second-order valence-corrected chi connectivity index (χ2v) is 7.12. The van der Waals surface area contributed by atoms with Gasteiger partial charge < -0.3 is 9.84 Å². The summed E-state index contributed by atoms with van der Waals surface area (Å²) in [5.74, 6) is 4.97. The Morgan fingerprint density at radius 2 is 1.32 bits per heavy atom. The van der Waals surface area contributed by atoms with Gasteiger partial charge in [-0.2, -0.15) is 0 Å². The number of phenolic OH excluding ortho intramolecular Hbond substituents is 1. The van der Waals surface area contributed by atoms with E-state index in [0.717, 1.165) is 22.3 Å². The second kappa shape index (κ2) is 8.68. The van der Waals surface area contributed by atoms with Gasteiger partial charge in [-0.25, -0.2) is 15.0 Å². The lowest BCUT2D eigenvalue weighted by molar-refractivity contribution is 0.472. The number of aromatic hydroxyl groups is 1. The number of ether oxygens (including phenoxy) is 1. The van der Waals surface area contributed by atoms with Gasteiger partial charge in [-0.1, -0.05) is 47.9 Å². The predicted molar refractivity (Wildman–Crippen MR) is 121 cm³/mol. The van der Waals surface area contributed by atoms with Gasteiger partial charge >= 0.3 is 0 Å². The number of hydrogen-bond acceptors (Lipinski definition) is 5. The van der Waals surface area contributed by atoms with Crippen molar-refractivity contribution in [3.63, 3.8) is 0 Å². The van der Waals surface area contributed by atoms with Crippen molar-refractivity contribution in [3.05, 3.63) is 77.9 Å². The zero-order chi connectivity index (χ0) is 21.8. The summed E-state index contributed by atoms with van der Waals surface area (Å²) in [6.45, 7) is 5.60. The first-order valence-electron chi connectivity index (χ1n) is 9.86. The number of aryl methyl sites for hydroxylation is 2. The van der Waals surface area contributed by atoms with Gasteiger partial charge in [0, 0.05) is 18.1 Å². The molecule has 0 amide bonds. The molecule has 1 heterocycles. The molecular weight excluding hydrogens is 386 g/mol. The van der Waals surface area contributed by atoms with Crippen LogP contribution in [0.5, 0.6) is 11.5 Å². The molecule has 0 radical (unpaired) electrons. The molecule has 0 fully saturated rings. The predicted octanol–water partition coefficient (Wildman–Crippen LogP) is 5.55. The molecule has 3 aromatic carbocycles. The van der Waals surface area contributed by atoms with Gasteiger partial charge in [0.05, 0.1) is 5.56 Å².